The van der Waals surface area contributed by atoms with E-state index in [0.29, 0.717) is 37.7 Å². The number of rotatable bonds is 4. The number of primary amides is 1. The molecule has 2 aromatic carbocycles. The van der Waals surface area contributed by atoms with Crippen molar-refractivity contribution in [3.63, 3.8) is 0 Å². The van der Waals surface area contributed by atoms with E-state index in [1.165, 1.54) is 17.4 Å². The van der Waals surface area contributed by atoms with Crippen molar-refractivity contribution in [2.24, 2.45) is 5.73 Å². The molecule has 28 heavy (non-hydrogen) atoms. The summed E-state index contributed by atoms with van der Waals surface area (Å²) in [6, 6.07) is 8.63. The predicted octanol–water partition coefficient (Wildman–Crippen LogP) is 5.03. The molecule has 0 atom stereocenters. The summed E-state index contributed by atoms with van der Waals surface area (Å²) < 4.78 is 6.04. The molecule has 9 heteroatoms. The summed E-state index contributed by atoms with van der Waals surface area (Å²) in [6.07, 6.45) is 0. The van der Waals surface area contributed by atoms with Gasteiger partial charge in [-0.2, -0.15) is 0 Å². The summed E-state index contributed by atoms with van der Waals surface area (Å²) in [5.41, 5.74) is 7.06. The van der Waals surface area contributed by atoms with Crippen LogP contribution in [-0.4, -0.2) is 28.5 Å². The smallest absolute Gasteiger partial charge is 0.349 e. The fourth-order valence-electron chi connectivity index (χ4n) is 3.02. The van der Waals surface area contributed by atoms with Crippen molar-refractivity contribution >= 4 is 67.5 Å². The Morgan fingerprint density at radius 1 is 1.25 bits per heavy atom. The topological polar surface area (TPSA) is 98.1 Å². The van der Waals surface area contributed by atoms with Gasteiger partial charge in [0.05, 0.1) is 33.3 Å². The number of hydrogen-bond donors (Lipinski definition) is 2. The fourth-order valence-corrected chi connectivity index (χ4v) is 4.77. The van der Waals surface area contributed by atoms with Crippen LogP contribution in [-0.2, 0) is 4.74 Å². The Labute approximate surface area is 173 Å². The Morgan fingerprint density at radius 2 is 2.04 bits per heavy atom. The maximum atomic E-state index is 12.6. The van der Waals surface area contributed by atoms with Gasteiger partial charge >= 0.3 is 5.97 Å². The van der Waals surface area contributed by atoms with Crippen LogP contribution in [0.1, 0.15) is 27.0 Å². The zero-order valence-corrected chi connectivity index (χ0v) is 16.8. The Bertz CT molecular complexity index is 1260. The van der Waals surface area contributed by atoms with E-state index in [1.54, 1.807) is 19.1 Å². The number of nitrogens with one attached hydrogen (secondary N) is 1. The first-order chi connectivity index (χ1) is 13.4. The molecule has 1 amide bonds. The van der Waals surface area contributed by atoms with Crippen LogP contribution in [0.2, 0.25) is 10.0 Å². The lowest BCUT2D eigenvalue weighted by molar-refractivity contribution is 0.0533. The molecule has 0 radical (unpaired) electrons. The molecule has 0 saturated carbocycles. The maximum absolute atomic E-state index is 12.6. The number of thiophene rings is 1. The number of H-pyrrole nitrogens is 1. The third kappa shape index (κ3) is 2.92. The summed E-state index contributed by atoms with van der Waals surface area (Å²) >= 11 is 14.0. The molecular formula is C19H13Cl2N3O3S. The monoisotopic (exact) mass is 433 g/mol. The molecule has 3 N–H and O–H groups in total. The molecule has 0 aliphatic rings. The molecule has 0 spiro atoms. The molecule has 2 heterocycles. The summed E-state index contributed by atoms with van der Waals surface area (Å²) in [5, 5.41) is 1.34. The normalized spacial score (nSPS) is 11.2. The third-order valence-electron chi connectivity index (χ3n) is 4.22. The summed E-state index contributed by atoms with van der Waals surface area (Å²) in [6.45, 7) is 1.98. The average molecular weight is 434 g/mol. The number of nitrogens with two attached hydrogens (primary N) is 1. The van der Waals surface area contributed by atoms with Gasteiger partial charge in [0.2, 0.25) is 5.91 Å². The van der Waals surface area contributed by atoms with Crippen LogP contribution in [0.25, 0.3) is 32.5 Å². The van der Waals surface area contributed by atoms with Crippen LogP contribution in [0.15, 0.2) is 30.3 Å². The van der Waals surface area contributed by atoms with Gasteiger partial charge in [-0.25, -0.2) is 9.78 Å². The summed E-state index contributed by atoms with van der Waals surface area (Å²) in [5.74, 6) is -0.701. The van der Waals surface area contributed by atoms with Crippen molar-refractivity contribution in [3.8, 4) is 11.4 Å². The van der Waals surface area contributed by atoms with Crippen molar-refractivity contribution in [1.82, 2.24) is 9.97 Å². The molecule has 0 saturated heterocycles. The Kier molecular flexibility index (Phi) is 4.74. The van der Waals surface area contributed by atoms with E-state index in [9.17, 15) is 9.59 Å². The van der Waals surface area contributed by atoms with E-state index >= 15 is 0 Å². The number of amides is 1. The molecule has 4 rings (SSSR count). The van der Waals surface area contributed by atoms with Gasteiger partial charge in [0.1, 0.15) is 16.2 Å². The van der Waals surface area contributed by atoms with Crippen LogP contribution < -0.4 is 5.73 Å². The average Bonchev–Trinajstić information content (AvgIpc) is 3.24. The van der Waals surface area contributed by atoms with Gasteiger partial charge in [0.15, 0.2) is 0 Å². The lowest BCUT2D eigenvalue weighted by atomic mass is 10.1. The van der Waals surface area contributed by atoms with E-state index in [0.717, 1.165) is 4.70 Å². The van der Waals surface area contributed by atoms with Gasteiger partial charge in [0.25, 0.3) is 0 Å². The van der Waals surface area contributed by atoms with Crippen LogP contribution in [0.3, 0.4) is 0 Å². The number of hydrogen-bond acceptors (Lipinski definition) is 5. The number of aromatic nitrogens is 2. The number of nitrogens with zero attached hydrogens (tertiary/aromatic N) is 1. The van der Waals surface area contributed by atoms with Gasteiger partial charge in [-0.15, -0.1) is 11.3 Å². The van der Waals surface area contributed by atoms with Crippen molar-refractivity contribution in [2.45, 2.75) is 6.92 Å². The molecule has 0 fully saturated rings. The summed E-state index contributed by atoms with van der Waals surface area (Å²) in [7, 11) is 0. The first-order valence-corrected chi connectivity index (χ1v) is 9.86. The number of esters is 1. The number of fused-ring (bicyclic) bond motifs is 2. The maximum Gasteiger partial charge on any atom is 0.349 e. The second kappa shape index (κ2) is 7.09. The molecule has 4 aromatic rings. The second-order valence-electron chi connectivity index (χ2n) is 5.91. The zero-order valence-electron chi connectivity index (χ0n) is 14.5. The predicted molar refractivity (Wildman–Crippen MR) is 111 cm³/mol. The molecule has 142 valence electrons. The van der Waals surface area contributed by atoms with Crippen molar-refractivity contribution in [3.05, 3.63) is 50.8 Å². The minimum absolute atomic E-state index is 0.149. The molecular weight excluding hydrogens is 421 g/mol. The number of carbonyl (C=O) groups is 2. The van der Waals surface area contributed by atoms with Crippen LogP contribution >= 0.6 is 34.5 Å². The quantitative estimate of drug-likeness (QED) is 0.441. The van der Waals surface area contributed by atoms with Crippen molar-refractivity contribution < 1.29 is 14.3 Å². The van der Waals surface area contributed by atoms with Gasteiger partial charge in [0, 0.05) is 10.1 Å². The van der Waals surface area contributed by atoms with E-state index in [1.807, 2.05) is 12.1 Å². The lowest BCUT2D eigenvalue weighted by Gasteiger charge is -2.03. The zero-order chi connectivity index (χ0) is 20.0. The molecule has 0 bridgehead atoms. The first kappa shape index (κ1) is 18.7. The number of imidazole rings is 1. The molecule has 6 nitrogen and oxygen atoms in total. The van der Waals surface area contributed by atoms with E-state index < -0.39 is 11.9 Å². The summed E-state index contributed by atoms with van der Waals surface area (Å²) in [4.78, 5) is 32.2. The van der Waals surface area contributed by atoms with E-state index in [2.05, 4.69) is 9.97 Å². The highest BCUT2D eigenvalue weighted by molar-refractivity contribution is 7.21. The highest BCUT2D eigenvalue weighted by Gasteiger charge is 2.25. The standard InChI is InChI=1S/C19H13Cl2N3O3S/c1-2-27-19(26)16-13(12-9(20)4-3-5-11(12)28-16)18-23-10-7-6-8(17(22)25)14(21)15(10)24-18/h3-7H,2H2,1H3,(H2,22,25)(H,23,24). The second-order valence-corrected chi connectivity index (χ2v) is 7.75. The van der Waals surface area contributed by atoms with Crippen LogP contribution in [0, 0.1) is 0 Å². The van der Waals surface area contributed by atoms with E-state index in [4.69, 9.17) is 33.7 Å². The largest absolute Gasteiger partial charge is 0.462 e. The number of aromatic amines is 1. The molecule has 0 aliphatic heterocycles. The highest BCUT2D eigenvalue weighted by Crippen LogP contribution is 2.42. The fraction of sp³-hybridized carbons (Fsp3) is 0.105. The van der Waals surface area contributed by atoms with Gasteiger partial charge in [-0.3, -0.25) is 4.79 Å². The van der Waals surface area contributed by atoms with Gasteiger partial charge < -0.3 is 15.5 Å². The Hall–Kier alpha value is -2.61. The minimum atomic E-state index is -0.646. The molecule has 2 aromatic heterocycles. The SMILES string of the molecule is CCOC(=O)c1sc2cccc(Cl)c2c1-c1nc2c(Cl)c(C(N)=O)ccc2[nH]1. The Morgan fingerprint density at radius 3 is 2.75 bits per heavy atom. The number of benzene rings is 2. The van der Waals surface area contributed by atoms with Gasteiger partial charge in [-0.05, 0) is 31.2 Å². The Balaban J connectivity index is 2.03. The highest BCUT2D eigenvalue weighted by atomic mass is 35.5. The number of carbonyl (C=O) groups excluding carboxylic acids is 2. The third-order valence-corrected chi connectivity index (χ3v) is 6.05. The molecule has 0 unspecified atom stereocenters. The van der Waals surface area contributed by atoms with E-state index in [-0.39, 0.29) is 17.2 Å². The van der Waals surface area contributed by atoms with Crippen molar-refractivity contribution in [2.75, 3.05) is 6.61 Å². The number of halogens is 2. The molecule has 0 aliphatic carbocycles. The lowest BCUT2D eigenvalue weighted by Crippen LogP contribution is -2.11. The van der Waals surface area contributed by atoms with Crippen molar-refractivity contribution in [1.29, 1.82) is 0 Å². The van der Waals surface area contributed by atoms with Crippen LogP contribution in [0.5, 0.6) is 0 Å². The minimum Gasteiger partial charge on any atom is -0.462 e. The number of ether oxygens (including phenoxy) is 1. The first-order valence-electron chi connectivity index (χ1n) is 8.28. The van der Waals surface area contributed by atoms with Gasteiger partial charge in [-0.1, -0.05) is 29.3 Å². The van der Waals surface area contributed by atoms with Crippen LogP contribution in [0.4, 0.5) is 0 Å².